The van der Waals surface area contributed by atoms with Gasteiger partial charge in [-0.3, -0.25) is 4.79 Å². The summed E-state index contributed by atoms with van der Waals surface area (Å²) in [5.74, 6) is 1.54. The van der Waals surface area contributed by atoms with E-state index in [1.165, 1.54) is 6.33 Å². The topological polar surface area (TPSA) is 90.3 Å². The predicted molar refractivity (Wildman–Crippen MR) is 114 cm³/mol. The average Bonchev–Trinajstić information content (AvgIpc) is 3.21. The average molecular weight is 405 g/mol. The molecule has 1 unspecified atom stereocenters. The fourth-order valence-corrected chi connectivity index (χ4v) is 3.62. The number of nitrogens with one attached hydrogen (secondary N) is 2. The van der Waals surface area contributed by atoms with E-state index in [9.17, 15) is 4.79 Å². The Bertz CT molecular complexity index is 1140. The largest absolute Gasteiger partial charge is 0.493 e. The Balaban J connectivity index is 1.80. The van der Waals surface area contributed by atoms with Crippen LogP contribution in [0.3, 0.4) is 0 Å². The first-order valence-electron chi connectivity index (χ1n) is 9.49. The van der Waals surface area contributed by atoms with E-state index in [1.54, 1.807) is 18.9 Å². The number of fused-ring (bicyclic) bond motifs is 1. The number of rotatable bonds is 5. The monoisotopic (exact) mass is 405 g/mol. The van der Waals surface area contributed by atoms with Gasteiger partial charge in [-0.25, -0.2) is 4.68 Å². The number of hydrogen-bond donors (Lipinski definition) is 2. The number of benzene rings is 2. The third kappa shape index (κ3) is 3.36. The molecule has 2 aromatic carbocycles. The molecular formula is C22H23N5O3. The lowest BCUT2D eigenvalue weighted by Crippen LogP contribution is -2.31. The van der Waals surface area contributed by atoms with Gasteiger partial charge >= 0.3 is 0 Å². The van der Waals surface area contributed by atoms with Gasteiger partial charge in [-0.2, -0.15) is 10.1 Å². The van der Waals surface area contributed by atoms with Crippen LogP contribution in [0.1, 0.15) is 24.1 Å². The predicted octanol–water partition coefficient (Wildman–Crippen LogP) is 3.53. The van der Waals surface area contributed by atoms with E-state index in [-0.39, 0.29) is 5.91 Å². The second kappa shape index (κ2) is 7.90. The smallest absolute Gasteiger partial charge is 0.255 e. The number of hydrogen-bond acceptors (Lipinski definition) is 6. The molecule has 0 saturated carbocycles. The van der Waals surface area contributed by atoms with Crippen LogP contribution in [-0.2, 0) is 4.79 Å². The summed E-state index contributed by atoms with van der Waals surface area (Å²) in [4.78, 5) is 17.7. The maximum absolute atomic E-state index is 13.4. The fraction of sp³-hybridized carbons (Fsp3) is 0.227. The van der Waals surface area contributed by atoms with Gasteiger partial charge in [0.05, 0.1) is 19.8 Å². The van der Waals surface area contributed by atoms with Crippen molar-refractivity contribution in [1.29, 1.82) is 0 Å². The zero-order valence-corrected chi connectivity index (χ0v) is 17.3. The van der Waals surface area contributed by atoms with Gasteiger partial charge in [0, 0.05) is 11.4 Å². The first-order chi connectivity index (χ1) is 14.5. The molecule has 30 heavy (non-hydrogen) atoms. The lowest BCUT2D eigenvalue weighted by molar-refractivity contribution is -0.113. The Labute approximate surface area is 174 Å². The molecule has 2 N–H and O–H groups in total. The van der Waals surface area contributed by atoms with Crippen molar-refractivity contribution in [3.8, 4) is 11.5 Å². The van der Waals surface area contributed by atoms with Crippen LogP contribution < -0.4 is 20.1 Å². The first-order valence-corrected chi connectivity index (χ1v) is 9.49. The van der Waals surface area contributed by atoms with Gasteiger partial charge in [-0.05, 0) is 43.2 Å². The number of amides is 1. The van der Waals surface area contributed by atoms with Crippen molar-refractivity contribution in [2.45, 2.75) is 19.9 Å². The van der Waals surface area contributed by atoms with Crippen LogP contribution in [0.25, 0.3) is 0 Å². The van der Waals surface area contributed by atoms with Crippen LogP contribution in [0.4, 0.5) is 11.6 Å². The highest BCUT2D eigenvalue weighted by Crippen LogP contribution is 2.38. The summed E-state index contributed by atoms with van der Waals surface area (Å²) in [6.45, 7) is 3.82. The molecular weight excluding hydrogens is 382 g/mol. The summed E-state index contributed by atoms with van der Waals surface area (Å²) in [5.41, 5.74) is 3.83. The molecule has 2 heterocycles. The minimum Gasteiger partial charge on any atom is -0.493 e. The maximum atomic E-state index is 13.4. The van der Waals surface area contributed by atoms with Crippen LogP contribution in [0.5, 0.6) is 11.5 Å². The number of nitrogens with zero attached hydrogens (tertiary/aromatic N) is 3. The SMILES string of the molecule is COc1ccc(C2C(C(=O)Nc3ccccc3C)=C(C)Nc3ncnn32)cc1OC. The Morgan fingerprint density at radius 1 is 1.10 bits per heavy atom. The Kier molecular flexibility index (Phi) is 5.14. The second-order valence-corrected chi connectivity index (χ2v) is 6.98. The maximum Gasteiger partial charge on any atom is 0.255 e. The van der Waals surface area contributed by atoms with E-state index >= 15 is 0 Å². The Hall–Kier alpha value is -3.81. The molecule has 1 aliphatic heterocycles. The zero-order valence-electron chi connectivity index (χ0n) is 17.3. The number of carbonyl (C=O) groups is 1. The van der Waals surface area contributed by atoms with Crippen LogP contribution in [0.15, 0.2) is 60.1 Å². The van der Waals surface area contributed by atoms with Crippen LogP contribution in [-0.4, -0.2) is 34.9 Å². The van der Waals surface area contributed by atoms with Crippen molar-refractivity contribution in [2.75, 3.05) is 24.9 Å². The summed E-state index contributed by atoms with van der Waals surface area (Å²) in [6.07, 6.45) is 1.46. The molecule has 1 aliphatic rings. The molecule has 0 fully saturated rings. The molecule has 3 aromatic rings. The summed E-state index contributed by atoms with van der Waals surface area (Å²) in [5, 5.41) is 10.6. The Morgan fingerprint density at radius 3 is 2.60 bits per heavy atom. The van der Waals surface area contributed by atoms with Crippen LogP contribution in [0.2, 0.25) is 0 Å². The minimum absolute atomic E-state index is 0.213. The van der Waals surface area contributed by atoms with Crippen molar-refractivity contribution in [3.05, 3.63) is 71.2 Å². The van der Waals surface area contributed by atoms with Gasteiger partial charge in [0.25, 0.3) is 5.91 Å². The highest BCUT2D eigenvalue weighted by atomic mass is 16.5. The van der Waals surface area contributed by atoms with Crippen molar-refractivity contribution in [2.24, 2.45) is 0 Å². The number of aryl methyl sites for hydroxylation is 1. The van der Waals surface area contributed by atoms with Gasteiger partial charge in [0.2, 0.25) is 5.95 Å². The molecule has 1 atom stereocenters. The van der Waals surface area contributed by atoms with Crippen LogP contribution in [0, 0.1) is 6.92 Å². The molecule has 1 amide bonds. The number of allylic oxidation sites excluding steroid dienone is 1. The van der Waals surface area contributed by atoms with E-state index in [4.69, 9.17) is 9.47 Å². The lowest BCUT2D eigenvalue weighted by atomic mass is 9.94. The Morgan fingerprint density at radius 2 is 1.87 bits per heavy atom. The highest BCUT2D eigenvalue weighted by molar-refractivity contribution is 6.06. The van der Waals surface area contributed by atoms with E-state index in [0.29, 0.717) is 28.7 Å². The zero-order chi connectivity index (χ0) is 21.3. The third-order valence-electron chi connectivity index (χ3n) is 5.16. The summed E-state index contributed by atoms with van der Waals surface area (Å²) in [7, 11) is 3.17. The van der Waals surface area contributed by atoms with Crippen molar-refractivity contribution in [1.82, 2.24) is 14.8 Å². The molecule has 0 aliphatic carbocycles. The molecule has 0 bridgehead atoms. The standard InChI is InChI=1S/C22H23N5O3/c1-13-7-5-6-8-16(13)26-21(28)19-14(2)25-22-23-12-24-27(22)20(19)15-9-10-17(29-3)18(11-15)30-4/h5-12,20H,1-4H3,(H,26,28)(H,23,24,25). The van der Waals surface area contributed by atoms with Gasteiger partial charge in [-0.1, -0.05) is 24.3 Å². The molecule has 8 heteroatoms. The lowest BCUT2D eigenvalue weighted by Gasteiger charge is -2.29. The number of para-hydroxylation sites is 1. The first kappa shape index (κ1) is 19.5. The van der Waals surface area contributed by atoms with Crippen molar-refractivity contribution >= 4 is 17.5 Å². The molecule has 154 valence electrons. The summed E-state index contributed by atoms with van der Waals surface area (Å²) < 4.78 is 12.5. The number of ether oxygens (including phenoxy) is 2. The van der Waals surface area contributed by atoms with Crippen LogP contribution >= 0.6 is 0 Å². The minimum atomic E-state index is -0.479. The van der Waals surface area contributed by atoms with E-state index in [1.807, 2.05) is 56.3 Å². The summed E-state index contributed by atoms with van der Waals surface area (Å²) >= 11 is 0. The van der Waals surface area contributed by atoms with Gasteiger partial charge in [0.15, 0.2) is 11.5 Å². The summed E-state index contributed by atoms with van der Waals surface area (Å²) in [6, 6.07) is 12.8. The quantitative estimate of drug-likeness (QED) is 0.675. The van der Waals surface area contributed by atoms with Gasteiger partial charge in [-0.15, -0.1) is 0 Å². The number of carbonyl (C=O) groups excluding carboxylic acids is 1. The van der Waals surface area contributed by atoms with Gasteiger partial charge in [0.1, 0.15) is 12.4 Å². The number of methoxy groups -OCH3 is 2. The van der Waals surface area contributed by atoms with E-state index in [2.05, 4.69) is 20.7 Å². The fourth-order valence-electron chi connectivity index (χ4n) is 3.62. The van der Waals surface area contributed by atoms with E-state index < -0.39 is 6.04 Å². The normalized spacial score (nSPS) is 15.3. The molecule has 0 radical (unpaired) electrons. The van der Waals surface area contributed by atoms with E-state index in [0.717, 1.165) is 16.8 Å². The number of anilines is 2. The third-order valence-corrected chi connectivity index (χ3v) is 5.16. The number of aromatic nitrogens is 3. The molecule has 8 nitrogen and oxygen atoms in total. The second-order valence-electron chi connectivity index (χ2n) is 6.98. The van der Waals surface area contributed by atoms with Crippen molar-refractivity contribution in [3.63, 3.8) is 0 Å². The van der Waals surface area contributed by atoms with Gasteiger partial charge < -0.3 is 20.1 Å². The van der Waals surface area contributed by atoms with Crippen molar-refractivity contribution < 1.29 is 14.3 Å². The highest BCUT2D eigenvalue weighted by Gasteiger charge is 2.34. The molecule has 1 aromatic heterocycles. The molecule has 4 rings (SSSR count). The molecule has 0 saturated heterocycles. The molecule has 0 spiro atoms.